The van der Waals surface area contributed by atoms with E-state index in [-0.39, 0.29) is 5.91 Å². The SMILES string of the molecule is Cc1c(/C=C2\CCCCNC2=O)cc(C#N)cc1-c1ccc(F)c(F)c1. The molecule has 26 heavy (non-hydrogen) atoms. The number of benzene rings is 2. The molecule has 0 radical (unpaired) electrons. The summed E-state index contributed by atoms with van der Waals surface area (Å²) in [6.45, 7) is 2.51. The van der Waals surface area contributed by atoms with Gasteiger partial charge in [0.25, 0.3) is 0 Å². The highest BCUT2D eigenvalue weighted by atomic mass is 19.2. The maximum absolute atomic E-state index is 13.6. The van der Waals surface area contributed by atoms with Crippen molar-refractivity contribution in [1.29, 1.82) is 5.26 Å². The lowest BCUT2D eigenvalue weighted by molar-refractivity contribution is -0.117. The van der Waals surface area contributed by atoms with E-state index in [1.807, 2.05) is 6.92 Å². The van der Waals surface area contributed by atoms with Gasteiger partial charge in [-0.3, -0.25) is 4.79 Å². The number of rotatable bonds is 2. The second-order valence-corrected chi connectivity index (χ2v) is 6.36. The first kappa shape index (κ1) is 17.8. The van der Waals surface area contributed by atoms with Gasteiger partial charge in [-0.15, -0.1) is 0 Å². The number of hydrogen-bond acceptors (Lipinski definition) is 2. The van der Waals surface area contributed by atoms with Crippen LogP contribution in [0.25, 0.3) is 17.2 Å². The van der Waals surface area contributed by atoms with E-state index in [4.69, 9.17) is 0 Å². The van der Waals surface area contributed by atoms with Crippen molar-refractivity contribution in [2.75, 3.05) is 6.54 Å². The molecule has 1 heterocycles. The zero-order chi connectivity index (χ0) is 18.7. The van der Waals surface area contributed by atoms with Gasteiger partial charge in [-0.25, -0.2) is 8.78 Å². The van der Waals surface area contributed by atoms with Gasteiger partial charge in [0.1, 0.15) is 0 Å². The lowest BCUT2D eigenvalue weighted by atomic mass is 9.92. The van der Waals surface area contributed by atoms with Crippen LogP contribution < -0.4 is 5.32 Å². The van der Waals surface area contributed by atoms with Gasteiger partial charge in [0.2, 0.25) is 5.91 Å². The number of amides is 1. The van der Waals surface area contributed by atoms with Crippen molar-refractivity contribution in [3.63, 3.8) is 0 Å². The second kappa shape index (κ2) is 7.49. The van der Waals surface area contributed by atoms with Crippen LogP contribution in [0.4, 0.5) is 8.78 Å². The van der Waals surface area contributed by atoms with Gasteiger partial charge in [-0.05, 0) is 78.8 Å². The molecule has 2 aromatic carbocycles. The molecule has 1 aliphatic heterocycles. The smallest absolute Gasteiger partial charge is 0.247 e. The molecule has 132 valence electrons. The van der Waals surface area contributed by atoms with Crippen molar-refractivity contribution < 1.29 is 13.6 Å². The Labute approximate surface area is 151 Å². The predicted molar refractivity (Wildman–Crippen MR) is 96.1 cm³/mol. The molecule has 0 saturated carbocycles. The van der Waals surface area contributed by atoms with E-state index < -0.39 is 11.6 Å². The summed E-state index contributed by atoms with van der Waals surface area (Å²) in [6.07, 6.45) is 4.31. The van der Waals surface area contributed by atoms with Gasteiger partial charge in [-0.1, -0.05) is 6.07 Å². The third kappa shape index (κ3) is 3.65. The van der Waals surface area contributed by atoms with Crippen LogP contribution in [0.15, 0.2) is 35.9 Å². The van der Waals surface area contributed by atoms with Crippen molar-refractivity contribution in [1.82, 2.24) is 5.32 Å². The summed E-state index contributed by atoms with van der Waals surface area (Å²) in [5.41, 5.74) is 3.73. The number of carbonyl (C=O) groups excluding carboxylic acids is 1. The van der Waals surface area contributed by atoms with E-state index in [9.17, 15) is 18.8 Å². The highest BCUT2D eigenvalue weighted by molar-refractivity contribution is 5.98. The lowest BCUT2D eigenvalue weighted by Crippen LogP contribution is -2.23. The third-order valence-corrected chi connectivity index (χ3v) is 4.59. The number of carbonyl (C=O) groups is 1. The van der Waals surface area contributed by atoms with Gasteiger partial charge in [0.15, 0.2) is 11.6 Å². The molecule has 2 aromatic rings. The summed E-state index contributed by atoms with van der Waals surface area (Å²) in [7, 11) is 0. The van der Waals surface area contributed by atoms with Crippen LogP contribution in [0.1, 0.15) is 36.0 Å². The van der Waals surface area contributed by atoms with Crippen LogP contribution in [0.2, 0.25) is 0 Å². The standard InChI is InChI=1S/C21H18F2N2O/c1-13-17(10-16-4-2-3-7-25-21(16)26)8-14(12-24)9-18(13)15-5-6-19(22)20(23)11-15/h5-6,8-11H,2-4,7H2,1H3,(H,25,26)/b16-10+. The number of halogens is 2. The van der Waals surface area contributed by atoms with Crippen molar-refractivity contribution in [2.45, 2.75) is 26.2 Å². The summed E-state index contributed by atoms with van der Waals surface area (Å²) in [6, 6.07) is 9.13. The molecular formula is C21H18F2N2O. The Hall–Kier alpha value is -3.00. The summed E-state index contributed by atoms with van der Waals surface area (Å²) in [5, 5.41) is 12.2. The largest absolute Gasteiger partial charge is 0.352 e. The molecule has 1 aliphatic rings. The molecule has 1 N–H and O–H groups in total. The first-order valence-corrected chi connectivity index (χ1v) is 8.48. The number of nitrogens with zero attached hydrogens (tertiary/aromatic N) is 1. The van der Waals surface area contributed by atoms with E-state index in [1.165, 1.54) is 6.07 Å². The molecule has 1 fully saturated rings. The maximum Gasteiger partial charge on any atom is 0.247 e. The molecule has 3 rings (SSSR count). The van der Waals surface area contributed by atoms with Gasteiger partial charge < -0.3 is 5.32 Å². The molecule has 5 heteroatoms. The van der Waals surface area contributed by atoms with Gasteiger partial charge in [0.05, 0.1) is 11.6 Å². The molecule has 0 aliphatic carbocycles. The van der Waals surface area contributed by atoms with Gasteiger partial charge in [0, 0.05) is 12.1 Å². The van der Waals surface area contributed by atoms with Crippen LogP contribution >= 0.6 is 0 Å². The van der Waals surface area contributed by atoms with Crippen molar-refractivity contribution in [2.24, 2.45) is 0 Å². The molecule has 1 saturated heterocycles. The fraction of sp³-hybridized carbons (Fsp3) is 0.238. The first-order chi connectivity index (χ1) is 12.5. The fourth-order valence-electron chi connectivity index (χ4n) is 3.11. The van der Waals surface area contributed by atoms with Crippen LogP contribution in [0, 0.1) is 29.9 Å². The van der Waals surface area contributed by atoms with E-state index in [0.29, 0.717) is 35.2 Å². The number of nitrogens with one attached hydrogen (secondary N) is 1. The van der Waals surface area contributed by atoms with Crippen molar-refractivity contribution in [3.8, 4) is 17.2 Å². The molecule has 0 unspecified atom stereocenters. The Balaban J connectivity index is 2.13. The Bertz CT molecular complexity index is 942. The predicted octanol–water partition coefficient (Wildman–Crippen LogP) is 4.50. The Morgan fingerprint density at radius 2 is 1.96 bits per heavy atom. The molecular weight excluding hydrogens is 334 g/mol. The zero-order valence-electron chi connectivity index (χ0n) is 14.4. The first-order valence-electron chi connectivity index (χ1n) is 8.48. The molecule has 0 aromatic heterocycles. The van der Waals surface area contributed by atoms with Crippen molar-refractivity contribution >= 4 is 12.0 Å². The maximum atomic E-state index is 13.6. The summed E-state index contributed by atoms with van der Waals surface area (Å²) in [4.78, 5) is 12.2. The Morgan fingerprint density at radius 3 is 2.69 bits per heavy atom. The Kier molecular flexibility index (Phi) is 5.13. The van der Waals surface area contributed by atoms with Gasteiger partial charge in [-0.2, -0.15) is 5.26 Å². The van der Waals surface area contributed by atoms with E-state index in [1.54, 1.807) is 18.2 Å². The molecule has 0 atom stereocenters. The summed E-state index contributed by atoms with van der Waals surface area (Å²) in [5.74, 6) is -1.95. The highest BCUT2D eigenvalue weighted by Crippen LogP contribution is 2.30. The van der Waals surface area contributed by atoms with E-state index in [0.717, 1.165) is 36.1 Å². The van der Waals surface area contributed by atoms with Crippen LogP contribution in [0.5, 0.6) is 0 Å². The van der Waals surface area contributed by atoms with Gasteiger partial charge >= 0.3 is 0 Å². The van der Waals surface area contributed by atoms with Crippen molar-refractivity contribution in [3.05, 3.63) is 64.2 Å². The average Bonchev–Trinajstić information content (AvgIpc) is 2.83. The zero-order valence-corrected chi connectivity index (χ0v) is 14.4. The topological polar surface area (TPSA) is 52.9 Å². The summed E-state index contributed by atoms with van der Waals surface area (Å²) < 4.78 is 26.9. The third-order valence-electron chi connectivity index (χ3n) is 4.59. The normalized spacial score (nSPS) is 16.1. The minimum atomic E-state index is -0.938. The van der Waals surface area contributed by atoms with E-state index in [2.05, 4.69) is 11.4 Å². The number of hydrogen-bond donors (Lipinski definition) is 1. The lowest BCUT2D eigenvalue weighted by Gasteiger charge is -2.12. The van der Waals surface area contributed by atoms with Crippen LogP contribution in [-0.2, 0) is 4.79 Å². The van der Waals surface area contributed by atoms with E-state index >= 15 is 0 Å². The average molecular weight is 352 g/mol. The Morgan fingerprint density at radius 1 is 1.15 bits per heavy atom. The second-order valence-electron chi connectivity index (χ2n) is 6.36. The minimum Gasteiger partial charge on any atom is -0.352 e. The van der Waals surface area contributed by atoms with Crippen LogP contribution in [0.3, 0.4) is 0 Å². The summed E-state index contributed by atoms with van der Waals surface area (Å²) >= 11 is 0. The quantitative estimate of drug-likeness (QED) is 0.810. The number of nitriles is 1. The molecule has 0 spiro atoms. The molecule has 1 amide bonds. The monoisotopic (exact) mass is 352 g/mol. The molecule has 0 bridgehead atoms. The molecule has 3 nitrogen and oxygen atoms in total. The fourth-order valence-corrected chi connectivity index (χ4v) is 3.11. The highest BCUT2D eigenvalue weighted by Gasteiger charge is 2.15. The minimum absolute atomic E-state index is 0.0985. The van der Waals surface area contributed by atoms with Crippen LogP contribution in [-0.4, -0.2) is 12.5 Å².